The Balaban J connectivity index is 1.52. The Labute approximate surface area is 186 Å². The number of anilines is 1. The zero-order valence-corrected chi connectivity index (χ0v) is 18.4. The number of fused-ring (bicyclic) bond motifs is 1. The van der Waals surface area contributed by atoms with Crippen molar-refractivity contribution < 1.29 is 19.1 Å². The third kappa shape index (κ3) is 5.51. The summed E-state index contributed by atoms with van der Waals surface area (Å²) in [7, 11) is 0. The topological polar surface area (TPSA) is 134 Å². The molecule has 2 heterocycles. The van der Waals surface area contributed by atoms with Crippen molar-refractivity contribution in [2.45, 2.75) is 39.8 Å². The zero-order chi connectivity index (χ0) is 23.1. The van der Waals surface area contributed by atoms with E-state index in [4.69, 9.17) is 15.2 Å². The molecule has 1 atom stereocenters. The lowest BCUT2D eigenvalue weighted by molar-refractivity contribution is -0.147. The predicted molar refractivity (Wildman–Crippen MR) is 119 cm³/mol. The standard InChI is InChI=1S/C22H28N6O4/c1-4-31-16-8-6-15(7-9-16)21(29)27-17(14(2)3)22(30)32-11-5-10-28-13-26-18-19(23)24-12-25-20(18)28/h6-9,12-14,17H,4-5,10-11H2,1-3H3,(H,27,29)(H2,23,24,25)/t17-/m0/s1. The summed E-state index contributed by atoms with van der Waals surface area (Å²) in [6.07, 6.45) is 3.57. The van der Waals surface area contributed by atoms with E-state index in [1.54, 1.807) is 30.6 Å². The van der Waals surface area contributed by atoms with Crippen molar-refractivity contribution in [1.29, 1.82) is 0 Å². The van der Waals surface area contributed by atoms with Crippen LogP contribution >= 0.6 is 0 Å². The van der Waals surface area contributed by atoms with Crippen molar-refractivity contribution in [3.05, 3.63) is 42.5 Å². The molecule has 2 aromatic heterocycles. The molecule has 0 saturated carbocycles. The molecule has 0 radical (unpaired) electrons. The maximum atomic E-state index is 12.6. The Kier molecular flexibility index (Phi) is 7.58. The van der Waals surface area contributed by atoms with Crippen LogP contribution < -0.4 is 15.8 Å². The van der Waals surface area contributed by atoms with E-state index in [0.29, 0.717) is 47.9 Å². The average Bonchev–Trinajstić information content (AvgIpc) is 3.19. The number of hydrogen-bond donors (Lipinski definition) is 2. The molecule has 0 unspecified atom stereocenters. The Hall–Kier alpha value is -3.69. The Morgan fingerprint density at radius 2 is 1.91 bits per heavy atom. The summed E-state index contributed by atoms with van der Waals surface area (Å²) in [5.41, 5.74) is 7.41. The van der Waals surface area contributed by atoms with Crippen LogP contribution in [-0.2, 0) is 16.1 Å². The number of benzene rings is 1. The molecular formula is C22H28N6O4. The quantitative estimate of drug-likeness (QED) is 0.362. The van der Waals surface area contributed by atoms with E-state index in [1.165, 1.54) is 6.33 Å². The van der Waals surface area contributed by atoms with Gasteiger partial charge >= 0.3 is 5.97 Å². The van der Waals surface area contributed by atoms with Crippen LogP contribution in [0.2, 0.25) is 0 Å². The first-order valence-electron chi connectivity index (χ1n) is 10.5. The van der Waals surface area contributed by atoms with E-state index in [9.17, 15) is 9.59 Å². The van der Waals surface area contributed by atoms with Gasteiger partial charge in [-0.15, -0.1) is 0 Å². The molecule has 0 bridgehead atoms. The summed E-state index contributed by atoms with van der Waals surface area (Å²) < 4.78 is 12.6. The van der Waals surface area contributed by atoms with Gasteiger partial charge in [0.05, 0.1) is 19.5 Å². The van der Waals surface area contributed by atoms with Crippen LogP contribution in [0.1, 0.15) is 37.6 Å². The van der Waals surface area contributed by atoms with Crippen LogP contribution in [0.3, 0.4) is 0 Å². The molecule has 10 nitrogen and oxygen atoms in total. The molecule has 3 rings (SSSR count). The van der Waals surface area contributed by atoms with Gasteiger partial charge in [-0.05, 0) is 43.5 Å². The number of nitrogens with zero attached hydrogens (tertiary/aromatic N) is 4. The summed E-state index contributed by atoms with van der Waals surface area (Å²) in [6, 6.07) is 6.01. The molecule has 3 aromatic rings. The minimum atomic E-state index is -0.754. The molecule has 170 valence electrons. The lowest BCUT2D eigenvalue weighted by atomic mass is 10.0. The second kappa shape index (κ2) is 10.6. The third-order valence-electron chi connectivity index (χ3n) is 4.85. The highest BCUT2D eigenvalue weighted by Crippen LogP contribution is 2.15. The summed E-state index contributed by atoms with van der Waals surface area (Å²) in [6.45, 7) is 6.89. The molecule has 0 aliphatic carbocycles. The van der Waals surface area contributed by atoms with Gasteiger partial charge in [-0.3, -0.25) is 4.79 Å². The molecule has 0 aliphatic heterocycles. The first-order valence-corrected chi connectivity index (χ1v) is 10.5. The first-order chi connectivity index (χ1) is 15.4. The summed E-state index contributed by atoms with van der Waals surface area (Å²) in [4.78, 5) is 37.5. The Morgan fingerprint density at radius 3 is 2.59 bits per heavy atom. The molecule has 1 aromatic carbocycles. The Morgan fingerprint density at radius 1 is 1.16 bits per heavy atom. The van der Waals surface area contributed by atoms with E-state index >= 15 is 0 Å². The first kappa shape index (κ1) is 23.0. The number of esters is 1. The molecular weight excluding hydrogens is 412 g/mol. The van der Waals surface area contributed by atoms with Crippen molar-refractivity contribution >= 4 is 28.9 Å². The van der Waals surface area contributed by atoms with Crippen molar-refractivity contribution in [2.75, 3.05) is 18.9 Å². The van der Waals surface area contributed by atoms with E-state index in [2.05, 4.69) is 20.3 Å². The number of ether oxygens (including phenoxy) is 2. The number of carbonyl (C=O) groups excluding carboxylic acids is 2. The lowest BCUT2D eigenvalue weighted by Gasteiger charge is -2.21. The van der Waals surface area contributed by atoms with Gasteiger partial charge in [0.15, 0.2) is 11.5 Å². The maximum absolute atomic E-state index is 12.6. The fourth-order valence-electron chi connectivity index (χ4n) is 3.15. The number of hydrogen-bond acceptors (Lipinski definition) is 8. The van der Waals surface area contributed by atoms with Gasteiger partial charge in [0.25, 0.3) is 5.91 Å². The van der Waals surface area contributed by atoms with E-state index in [0.717, 1.165) is 0 Å². The maximum Gasteiger partial charge on any atom is 0.328 e. The monoisotopic (exact) mass is 440 g/mol. The SMILES string of the molecule is CCOc1ccc(C(=O)N[C@H](C(=O)OCCCn2cnc3c(N)ncnc32)C(C)C)cc1. The van der Waals surface area contributed by atoms with Crippen molar-refractivity contribution in [3.8, 4) is 5.75 Å². The van der Waals surface area contributed by atoms with Crippen LogP contribution in [0.15, 0.2) is 36.9 Å². The smallest absolute Gasteiger partial charge is 0.328 e. The number of carbonyl (C=O) groups is 2. The number of nitrogens with two attached hydrogens (primary N) is 1. The highest BCUT2D eigenvalue weighted by molar-refractivity contribution is 5.97. The van der Waals surface area contributed by atoms with Crippen LogP contribution in [-0.4, -0.2) is 50.7 Å². The molecule has 0 saturated heterocycles. The molecule has 32 heavy (non-hydrogen) atoms. The number of nitrogens with one attached hydrogen (secondary N) is 1. The number of amides is 1. The largest absolute Gasteiger partial charge is 0.494 e. The molecule has 1 amide bonds. The molecule has 0 spiro atoms. The van der Waals surface area contributed by atoms with Gasteiger partial charge in [0.1, 0.15) is 23.6 Å². The second-order valence-electron chi connectivity index (χ2n) is 7.54. The van der Waals surface area contributed by atoms with Crippen LogP contribution in [0, 0.1) is 5.92 Å². The van der Waals surface area contributed by atoms with Crippen LogP contribution in [0.5, 0.6) is 5.75 Å². The average molecular weight is 441 g/mol. The molecule has 0 fully saturated rings. The number of aryl methyl sites for hydroxylation is 1. The van der Waals surface area contributed by atoms with Gasteiger partial charge in [-0.2, -0.15) is 0 Å². The van der Waals surface area contributed by atoms with Gasteiger partial charge in [0, 0.05) is 12.1 Å². The van der Waals surface area contributed by atoms with Crippen molar-refractivity contribution in [2.24, 2.45) is 5.92 Å². The number of nitrogen functional groups attached to an aromatic ring is 1. The third-order valence-corrected chi connectivity index (χ3v) is 4.85. The number of rotatable bonds is 10. The van der Waals surface area contributed by atoms with E-state index in [1.807, 2.05) is 25.3 Å². The number of imidazole rings is 1. The fourth-order valence-corrected chi connectivity index (χ4v) is 3.15. The van der Waals surface area contributed by atoms with Crippen molar-refractivity contribution in [1.82, 2.24) is 24.8 Å². The van der Waals surface area contributed by atoms with Gasteiger partial charge in [0.2, 0.25) is 0 Å². The molecule has 10 heteroatoms. The summed E-state index contributed by atoms with van der Waals surface area (Å²) >= 11 is 0. The highest BCUT2D eigenvalue weighted by atomic mass is 16.5. The highest BCUT2D eigenvalue weighted by Gasteiger charge is 2.26. The lowest BCUT2D eigenvalue weighted by Crippen LogP contribution is -2.45. The molecule has 0 aliphatic rings. The van der Waals surface area contributed by atoms with Crippen LogP contribution in [0.4, 0.5) is 5.82 Å². The minimum Gasteiger partial charge on any atom is -0.494 e. The summed E-state index contributed by atoms with van der Waals surface area (Å²) in [5, 5.41) is 2.77. The normalized spacial score (nSPS) is 12.0. The van der Waals surface area contributed by atoms with Crippen LogP contribution in [0.25, 0.3) is 11.2 Å². The second-order valence-corrected chi connectivity index (χ2v) is 7.54. The zero-order valence-electron chi connectivity index (χ0n) is 18.4. The van der Waals surface area contributed by atoms with E-state index < -0.39 is 12.0 Å². The number of aromatic nitrogens is 4. The molecule has 3 N–H and O–H groups in total. The summed E-state index contributed by atoms with van der Waals surface area (Å²) in [5.74, 6) is 0.0607. The van der Waals surface area contributed by atoms with Gasteiger partial charge < -0.3 is 25.1 Å². The predicted octanol–water partition coefficient (Wildman–Crippen LogP) is 2.20. The fraction of sp³-hybridized carbons (Fsp3) is 0.409. The van der Waals surface area contributed by atoms with E-state index in [-0.39, 0.29) is 18.4 Å². The minimum absolute atomic E-state index is 0.133. The van der Waals surface area contributed by atoms with Gasteiger partial charge in [-0.25, -0.2) is 19.7 Å². The van der Waals surface area contributed by atoms with Crippen molar-refractivity contribution in [3.63, 3.8) is 0 Å². The van der Waals surface area contributed by atoms with Gasteiger partial charge in [-0.1, -0.05) is 13.8 Å². The Bertz CT molecular complexity index is 1060.